The minimum atomic E-state index is 0.863. The normalized spacial score (nSPS) is 42.5. The molecule has 0 heterocycles. The maximum Gasteiger partial charge on any atom is -0.00998 e. The Morgan fingerprint density at radius 2 is 1.25 bits per heavy atom. The van der Waals surface area contributed by atoms with Gasteiger partial charge in [0.15, 0.2) is 0 Å². The topological polar surface area (TPSA) is 0 Å². The summed E-state index contributed by atoms with van der Waals surface area (Å²) in [5, 5.41) is 0. The van der Waals surface area contributed by atoms with Crippen molar-refractivity contribution in [3.8, 4) is 0 Å². The average Bonchev–Trinajstić information content (AvgIpc) is 2.47. The average molecular weight is 106 g/mol. The Morgan fingerprint density at radius 1 is 1.00 bits per heavy atom. The Hall–Kier alpha value is -0.520. The molecule has 0 unspecified atom stereocenters. The Kier molecular flexibility index (Phi) is 0.585. The van der Waals surface area contributed by atoms with Gasteiger partial charge in [0.25, 0.3) is 0 Å². The van der Waals surface area contributed by atoms with Crippen LogP contribution in [0.15, 0.2) is 24.3 Å². The van der Waals surface area contributed by atoms with E-state index in [0.717, 1.165) is 11.8 Å². The van der Waals surface area contributed by atoms with E-state index >= 15 is 0 Å². The molecule has 2 rings (SSSR count). The van der Waals surface area contributed by atoms with Crippen molar-refractivity contribution >= 4 is 0 Å². The van der Waals surface area contributed by atoms with Crippen molar-refractivity contribution in [2.24, 2.45) is 11.8 Å². The van der Waals surface area contributed by atoms with Crippen molar-refractivity contribution < 1.29 is 0 Å². The third-order valence-corrected chi connectivity index (χ3v) is 2.18. The highest BCUT2D eigenvalue weighted by Crippen LogP contribution is 2.55. The lowest BCUT2D eigenvalue weighted by atomic mass is 10.2. The molecule has 0 aromatic heterocycles. The molecule has 0 heteroatoms. The predicted molar refractivity (Wildman–Crippen MR) is 34.5 cm³/mol. The molecule has 0 saturated heterocycles. The van der Waals surface area contributed by atoms with Crippen molar-refractivity contribution in [2.75, 3.05) is 0 Å². The zero-order chi connectivity index (χ0) is 5.72. The summed E-state index contributed by atoms with van der Waals surface area (Å²) in [7, 11) is 0. The van der Waals surface area contributed by atoms with Gasteiger partial charge in [-0.15, -0.1) is 0 Å². The van der Waals surface area contributed by atoms with E-state index in [0.29, 0.717) is 0 Å². The van der Waals surface area contributed by atoms with E-state index in [1.165, 1.54) is 24.0 Å². The van der Waals surface area contributed by atoms with E-state index in [1.807, 2.05) is 0 Å². The molecular weight excluding hydrogens is 96.1 g/mol. The second kappa shape index (κ2) is 1.07. The fraction of sp³-hybridized carbons (Fsp3) is 0.500. The molecule has 0 aliphatic heterocycles. The van der Waals surface area contributed by atoms with Crippen LogP contribution in [0, 0.1) is 11.8 Å². The molecule has 0 bridgehead atoms. The quantitative estimate of drug-likeness (QED) is 0.449. The summed E-state index contributed by atoms with van der Waals surface area (Å²) in [4.78, 5) is 0. The summed E-state index contributed by atoms with van der Waals surface area (Å²) >= 11 is 0. The van der Waals surface area contributed by atoms with Gasteiger partial charge >= 0.3 is 0 Å². The lowest BCUT2D eigenvalue weighted by Crippen LogP contribution is -1.73. The van der Waals surface area contributed by atoms with Crippen LogP contribution in [0.4, 0.5) is 0 Å². The van der Waals surface area contributed by atoms with Gasteiger partial charge in [-0.3, -0.25) is 0 Å². The van der Waals surface area contributed by atoms with Crippen LogP contribution < -0.4 is 0 Å². The van der Waals surface area contributed by atoms with Crippen LogP contribution in [0.25, 0.3) is 0 Å². The largest absolute Gasteiger partial charge is 0.0995 e. The molecule has 2 saturated carbocycles. The maximum absolute atomic E-state index is 3.90. The number of rotatable bonds is 1. The standard InChI is InChI=1S/C8H10/c1-5-3-7(5)8-4-6(8)2/h7-8H,1-4H2/t7-,8-/m0/s1. The van der Waals surface area contributed by atoms with Crippen LogP contribution in [0.2, 0.25) is 0 Å². The zero-order valence-corrected chi connectivity index (χ0v) is 4.98. The van der Waals surface area contributed by atoms with Gasteiger partial charge in [-0.05, 0) is 24.7 Å². The molecule has 8 heavy (non-hydrogen) atoms. The molecular formula is C8H10. The van der Waals surface area contributed by atoms with Gasteiger partial charge in [-0.2, -0.15) is 0 Å². The van der Waals surface area contributed by atoms with Crippen LogP contribution in [-0.4, -0.2) is 0 Å². The Balaban J connectivity index is 2.03. The van der Waals surface area contributed by atoms with E-state index in [4.69, 9.17) is 0 Å². The molecule has 0 aromatic rings. The van der Waals surface area contributed by atoms with Crippen molar-refractivity contribution in [1.82, 2.24) is 0 Å². The van der Waals surface area contributed by atoms with Gasteiger partial charge in [0.1, 0.15) is 0 Å². The van der Waals surface area contributed by atoms with Gasteiger partial charge in [0.2, 0.25) is 0 Å². The first kappa shape index (κ1) is 4.37. The summed E-state index contributed by atoms with van der Waals surface area (Å²) in [6.07, 6.45) is 2.56. The number of hydrogen-bond donors (Lipinski definition) is 0. The van der Waals surface area contributed by atoms with E-state index in [9.17, 15) is 0 Å². The van der Waals surface area contributed by atoms with Crippen molar-refractivity contribution in [3.05, 3.63) is 24.3 Å². The van der Waals surface area contributed by atoms with Crippen molar-refractivity contribution in [3.63, 3.8) is 0 Å². The van der Waals surface area contributed by atoms with Crippen LogP contribution in [-0.2, 0) is 0 Å². The molecule has 0 amide bonds. The minimum absolute atomic E-state index is 0.863. The van der Waals surface area contributed by atoms with Crippen LogP contribution in [0.3, 0.4) is 0 Å². The highest BCUT2D eigenvalue weighted by Gasteiger charge is 2.44. The van der Waals surface area contributed by atoms with Gasteiger partial charge in [-0.1, -0.05) is 24.3 Å². The first-order chi connectivity index (χ1) is 3.79. The van der Waals surface area contributed by atoms with E-state index in [-0.39, 0.29) is 0 Å². The molecule has 2 aliphatic rings. The Labute approximate surface area is 49.9 Å². The van der Waals surface area contributed by atoms with Crippen LogP contribution >= 0.6 is 0 Å². The molecule has 0 aromatic carbocycles. The molecule has 2 atom stereocenters. The van der Waals surface area contributed by atoms with E-state index < -0.39 is 0 Å². The molecule has 42 valence electrons. The fourth-order valence-corrected chi connectivity index (χ4v) is 1.30. The van der Waals surface area contributed by atoms with E-state index in [1.54, 1.807) is 0 Å². The molecule has 0 spiro atoms. The van der Waals surface area contributed by atoms with Gasteiger partial charge in [0.05, 0.1) is 0 Å². The lowest BCUT2D eigenvalue weighted by molar-refractivity contribution is 0.767. The SMILES string of the molecule is C=C1C[C@@H]1[C@H]1CC1=C. The summed E-state index contributed by atoms with van der Waals surface area (Å²) in [6, 6.07) is 0. The second-order valence-corrected chi connectivity index (χ2v) is 2.94. The maximum atomic E-state index is 3.90. The lowest BCUT2D eigenvalue weighted by Gasteiger charge is -1.79. The van der Waals surface area contributed by atoms with E-state index in [2.05, 4.69) is 13.2 Å². The van der Waals surface area contributed by atoms with Gasteiger partial charge < -0.3 is 0 Å². The first-order valence-corrected chi connectivity index (χ1v) is 3.14. The number of hydrogen-bond acceptors (Lipinski definition) is 0. The van der Waals surface area contributed by atoms with Gasteiger partial charge in [-0.25, -0.2) is 0 Å². The van der Waals surface area contributed by atoms with Crippen molar-refractivity contribution in [2.45, 2.75) is 12.8 Å². The molecule has 0 radical (unpaired) electrons. The highest BCUT2D eigenvalue weighted by atomic mass is 14.5. The van der Waals surface area contributed by atoms with Gasteiger partial charge in [0, 0.05) is 0 Å². The first-order valence-electron chi connectivity index (χ1n) is 3.14. The molecule has 2 aliphatic carbocycles. The smallest absolute Gasteiger partial charge is 0.00998 e. The highest BCUT2D eigenvalue weighted by molar-refractivity contribution is 5.33. The molecule has 2 fully saturated rings. The second-order valence-electron chi connectivity index (χ2n) is 2.94. The van der Waals surface area contributed by atoms with Crippen LogP contribution in [0.5, 0.6) is 0 Å². The third-order valence-electron chi connectivity index (χ3n) is 2.18. The third kappa shape index (κ3) is 0.459. The fourth-order valence-electron chi connectivity index (χ4n) is 1.30. The summed E-state index contributed by atoms with van der Waals surface area (Å²) < 4.78 is 0. The zero-order valence-electron chi connectivity index (χ0n) is 4.98. The van der Waals surface area contributed by atoms with Crippen LogP contribution in [0.1, 0.15) is 12.8 Å². The molecule has 0 N–H and O–H groups in total. The molecule has 0 nitrogen and oxygen atoms in total. The minimum Gasteiger partial charge on any atom is -0.0995 e. The summed E-state index contributed by atoms with van der Waals surface area (Å²) in [5.74, 6) is 1.73. The van der Waals surface area contributed by atoms with Crippen molar-refractivity contribution in [1.29, 1.82) is 0 Å². The Morgan fingerprint density at radius 3 is 1.38 bits per heavy atom. The summed E-state index contributed by atoms with van der Waals surface area (Å²) in [5.41, 5.74) is 2.90. The Bertz CT molecular complexity index is 145. The monoisotopic (exact) mass is 106 g/mol. The number of allylic oxidation sites excluding steroid dienone is 2. The predicted octanol–water partition coefficient (Wildman–Crippen LogP) is 2.14. The summed E-state index contributed by atoms with van der Waals surface area (Å²) in [6.45, 7) is 7.81.